The summed E-state index contributed by atoms with van der Waals surface area (Å²) in [5, 5.41) is 3.10. The fourth-order valence-corrected chi connectivity index (χ4v) is 3.86. The summed E-state index contributed by atoms with van der Waals surface area (Å²) in [6.45, 7) is 8.31. The van der Waals surface area contributed by atoms with E-state index in [1.165, 1.54) is 12.0 Å². The van der Waals surface area contributed by atoms with Crippen molar-refractivity contribution < 1.29 is 4.79 Å². The molecule has 2 aliphatic heterocycles. The molecule has 25 heavy (non-hydrogen) atoms. The number of nitrogens with zero attached hydrogens (tertiary/aromatic N) is 3. The van der Waals surface area contributed by atoms with Gasteiger partial charge < -0.3 is 20.0 Å². The minimum Gasteiger partial charge on any atom is -0.338 e. The van der Waals surface area contributed by atoms with Crippen molar-refractivity contribution in [3.05, 3.63) is 35.9 Å². The molecule has 2 saturated heterocycles. The maximum absolute atomic E-state index is 12.5. The fraction of sp³-hybridized carbons (Fsp3) is 0.650. The molecule has 0 saturated carbocycles. The highest BCUT2D eigenvalue weighted by atomic mass is 16.2. The molecule has 5 heteroatoms. The summed E-state index contributed by atoms with van der Waals surface area (Å²) < 4.78 is 0. The summed E-state index contributed by atoms with van der Waals surface area (Å²) in [5.41, 5.74) is 1.27. The third-order valence-electron chi connectivity index (χ3n) is 5.45. The lowest BCUT2D eigenvalue weighted by Crippen LogP contribution is -2.50. The second-order valence-electron chi connectivity index (χ2n) is 7.53. The molecule has 2 amide bonds. The number of hydrogen-bond acceptors (Lipinski definition) is 3. The Morgan fingerprint density at radius 3 is 2.64 bits per heavy atom. The van der Waals surface area contributed by atoms with Gasteiger partial charge in [-0.1, -0.05) is 30.3 Å². The predicted octanol–water partition coefficient (Wildman–Crippen LogP) is 1.90. The molecule has 1 N–H and O–H groups in total. The molecule has 2 fully saturated rings. The molecular weight excluding hydrogens is 312 g/mol. The van der Waals surface area contributed by atoms with E-state index in [4.69, 9.17) is 0 Å². The van der Waals surface area contributed by atoms with Gasteiger partial charge in [-0.05, 0) is 37.8 Å². The number of likely N-dealkylation sites (tertiary alicyclic amines) is 1. The maximum atomic E-state index is 12.5. The number of likely N-dealkylation sites (N-methyl/N-ethyl adjacent to an activating group) is 1. The third kappa shape index (κ3) is 5.72. The number of piperazine rings is 1. The number of urea groups is 1. The molecule has 1 aromatic carbocycles. The average molecular weight is 345 g/mol. The molecule has 2 aliphatic rings. The Morgan fingerprint density at radius 2 is 1.88 bits per heavy atom. The Morgan fingerprint density at radius 1 is 1.12 bits per heavy atom. The predicted molar refractivity (Wildman–Crippen MR) is 102 cm³/mol. The van der Waals surface area contributed by atoms with Gasteiger partial charge in [0.15, 0.2) is 0 Å². The van der Waals surface area contributed by atoms with Crippen LogP contribution in [0, 0.1) is 5.92 Å². The van der Waals surface area contributed by atoms with Crippen LogP contribution >= 0.6 is 0 Å². The van der Waals surface area contributed by atoms with Crippen molar-refractivity contribution in [3.8, 4) is 0 Å². The van der Waals surface area contributed by atoms with Gasteiger partial charge in [-0.2, -0.15) is 0 Å². The van der Waals surface area contributed by atoms with Gasteiger partial charge >= 0.3 is 6.03 Å². The van der Waals surface area contributed by atoms with Crippen molar-refractivity contribution in [2.45, 2.75) is 19.3 Å². The highest BCUT2D eigenvalue weighted by Crippen LogP contribution is 2.18. The van der Waals surface area contributed by atoms with Crippen molar-refractivity contribution in [2.24, 2.45) is 5.92 Å². The molecule has 1 unspecified atom stereocenters. The van der Waals surface area contributed by atoms with E-state index in [0.717, 1.165) is 58.7 Å². The van der Waals surface area contributed by atoms with E-state index in [2.05, 4.69) is 34.3 Å². The number of nitrogens with one attached hydrogen (secondary N) is 1. The van der Waals surface area contributed by atoms with Crippen LogP contribution in [0.1, 0.15) is 18.4 Å². The monoisotopic (exact) mass is 344 g/mol. The first-order valence-corrected chi connectivity index (χ1v) is 9.68. The Hall–Kier alpha value is -1.59. The second kappa shape index (κ2) is 9.20. The maximum Gasteiger partial charge on any atom is 0.317 e. The molecule has 1 atom stereocenters. The lowest BCUT2D eigenvalue weighted by Gasteiger charge is -2.38. The molecule has 0 bridgehead atoms. The third-order valence-corrected chi connectivity index (χ3v) is 5.45. The Labute approximate surface area is 152 Å². The van der Waals surface area contributed by atoms with E-state index in [0.29, 0.717) is 12.5 Å². The van der Waals surface area contributed by atoms with Crippen LogP contribution in [0.25, 0.3) is 0 Å². The van der Waals surface area contributed by atoms with E-state index in [-0.39, 0.29) is 6.03 Å². The van der Waals surface area contributed by atoms with Crippen molar-refractivity contribution in [1.82, 2.24) is 20.0 Å². The summed E-state index contributed by atoms with van der Waals surface area (Å²) in [4.78, 5) is 19.5. The van der Waals surface area contributed by atoms with E-state index in [9.17, 15) is 4.79 Å². The average Bonchev–Trinajstić information content (AvgIpc) is 2.65. The van der Waals surface area contributed by atoms with Crippen molar-refractivity contribution in [1.29, 1.82) is 0 Å². The summed E-state index contributed by atoms with van der Waals surface area (Å²) in [6, 6.07) is 10.4. The lowest BCUT2D eigenvalue weighted by molar-refractivity contribution is 0.106. The molecule has 0 aliphatic carbocycles. The lowest BCUT2D eigenvalue weighted by atomic mass is 9.97. The van der Waals surface area contributed by atoms with Gasteiger partial charge in [-0.15, -0.1) is 0 Å². The van der Waals surface area contributed by atoms with Gasteiger partial charge in [0.2, 0.25) is 0 Å². The zero-order valence-electron chi connectivity index (χ0n) is 15.5. The first kappa shape index (κ1) is 18.2. The molecule has 2 heterocycles. The number of carbonyl (C=O) groups is 1. The molecule has 0 radical (unpaired) electrons. The first-order valence-electron chi connectivity index (χ1n) is 9.68. The van der Waals surface area contributed by atoms with Crippen LogP contribution in [-0.4, -0.2) is 80.1 Å². The standard InChI is InChI=1S/C20H32N4O/c1-22-12-14-23(15-13-22)16-19-8-5-11-24(17-19)20(25)21-10-9-18-6-3-2-4-7-18/h2-4,6-7,19H,5,8-17H2,1H3,(H,21,25). The van der Waals surface area contributed by atoms with Gasteiger partial charge in [0.1, 0.15) is 0 Å². The van der Waals surface area contributed by atoms with Crippen LogP contribution in [0.2, 0.25) is 0 Å². The number of carbonyl (C=O) groups excluding carboxylic acids is 1. The largest absolute Gasteiger partial charge is 0.338 e. The summed E-state index contributed by atoms with van der Waals surface area (Å²) in [6.07, 6.45) is 3.27. The van der Waals surface area contributed by atoms with Gasteiger partial charge in [-0.25, -0.2) is 4.79 Å². The molecule has 0 spiro atoms. The number of rotatable bonds is 5. The summed E-state index contributed by atoms with van der Waals surface area (Å²) >= 11 is 0. The Kier molecular flexibility index (Phi) is 6.70. The van der Waals surface area contributed by atoms with Crippen LogP contribution < -0.4 is 5.32 Å². The van der Waals surface area contributed by atoms with Gasteiger partial charge in [0, 0.05) is 52.4 Å². The molecular formula is C20H32N4O. The number of hydrogen-bond donors (Lipinski definition) is 1. The van der Waals surface area contributed by atoms with Crippen LogP contribution in [0.3, 0.4) is 0 Å². The number of piperidine rings is 1. The zero-order valence-corrected chi connectivity index (χ0v) is 15.5. The SMILES string of the molecule is CN1CCN(CC2CCCN(C(=O)NCCc3ccccc3)C2)CC1. The van der Waals surface area contributed by atoms with E-state index in [1.54, 1.807) is 0 Å². The van der Waals surface area contributed by atoms with Crippen LogP contribution in [0.15, 0.2) is 30.3 Å². The van der Waals surface area contributed by atoms with Crippen molar-refractivity contribution in [2.75, 3.05) is 59.4 Å². The highest BCUT2D eigenvalue weighted by molar-refractivity contribution is 5.74. The minimum atomic E-state index is 0.110. The second-order valence-corrected chi connectivity index (χ2v) is 7.53. The quantitative estimate of drug-likeness (QED) is 0.887. The van der Waals surface area contributed by atoms with Gasteiger partial charge in [-0.3, -0.25) is 0 Å². The van der Waals surface area contributed by atoms with E-state index in [1.807, 2.05) is 23.1 Å². The number of benzene rings is 1. The minimum absolute atomic E-state index is 0.110. The molecule has 138 valence electrons. The smallest absolute Gasteiger partial charge is 0.317 e. The number of amides is 2. The molecule has 5 nitrogen and oxygen atoms in total. The summed E-state index contributed by atoms with van der Waals surface area (Å²) in [5.74, 6) is 0.622. The highest BCUT2D eigenvalue weighted by Gasteiger charge is 2.26. The van der Waals surface area contributed by atoms with Crippen molar-refractivity contribution >= 4 is 6.03 Å². The van der Waals surface area contributed by atoms with Crippen LogP contribution in [0.4, 0.5) is 4.79 Å². The van der Waals surface area contributed by atoms with Crippen LogP contribution in [-0.2, 0) is 6.42 Å². The molecule has 1 aromatic rings. The first-order chi connectivity index (χ1) is 12.2. The topological polar surface area (TPSA) is 38.8 Å². The molecule has 3 rings (SSSR count). The van der Waals surface area contributed by atoms with Gasteiger partial charge in [0.25, 0.3) is 0 Å². The van der Waals surface area contributed by atoms with Gasteiger partial charge in [0.05, 0.1) is 0 Å². The normalized spacial score (nSPS) is 22.8. The molecule has 0 aromatic heterocycles. The van der Waals surface area contributed by atoms with E-state index >= 15 is 0 Å². The van der Waals surface area contributed by atoms with Crippen LogP contribution in [0.5, 0.6) is 0 Å². The summed E-state index contributed by atoms with van der Waals surface area (Å²) in [7, 11) is 2.19. The Bertz CT molecular complexity index is 528. The Balaban J connectivity index is 1.39. The van der Waals surface area contributed by atoms with E-state index < -0.39 is 0 Å². The van der Waals surface area contributed by atoms with Crippen molar-refractivity contribution in [3.63, 3.8) is 0 Å². The fourth-order valence-electron chi connectivity index (χ4n) is 3.86. The zero-order chi connectivity index (χ0) is 17.5.